The van der Waals surface area contributed by atoms with Crippen LogP contribution in [0.4, 0.5) is 5.69 Å². The van der Waals surface area contributed by atoms with Crippen molar-refractivity contribution in [3.05, 3.63) is 29.8 Å². The first-order valence-electron chi connectivity index (χ1n) is 5.66. The molecular weight excluding hydrogens is 232 g/mol. The lowest BCUT2D eigenvalue weighted by Gasteiger charge is -2.15. The molecule has 1 amide bonds. The van der Waals surface area contributed by atoms with E-state index in [0.717, 1.165) is 18.0 Å². The van der Waals surface area contributed by atoms with Crippen molar-refractivity contribution in [3.8, 4) is 0 Å². The second-order valence-corrected chi connectivity index (χ2v) is 5.13. The van der Waals surface area contributed by atoms with E-state index in [1.165, 1.54) is 5.56 Å². The van der Waals surface area contributed by atoms with E-state index in [9.17, 15) is 4.79 Å². The maximum atomic E-state index is 11.7. The molecule has 1 rings (SSSR count). The van der Waals surface area contributed by atoms with Gasteiger partial charge in [0.05, 0.1) is 6.54 Å². The van der Waals surface area contributed by atoms with Crippen LogP contribution in [-0.4, -0.2) is 43.0 Å². The van der Waals surface area contributed by atoms with Crippen molar-refractivity contribution in [1.82, 2.24) is 4.90 Å². The highest BCUT2D eigenvalue weighted by Gasteiger charge is 2.06. The number of benzene rings is 1. The van der Waals surface area contributed by atoms with Gasteiger partial charge in [0.15, 0.2) is 0 Å². The Balaban J connectivity index is 2.36. The van der Waals surface area contributed by atoms with Crippen LogP contribution in [0.15, 0.2) is 24.3 Å². The van der Waals surface area contributed by atoms with E-state index in [4.69, 9.17) is 0 Å². The van der Waals surface area contributed by atoms with Gasteiger partial charge in [0.25, 0.3) is 0 Å². The van der Waals surface area contributed by atoms with Crippen molar-refractivity contribution < 1.29 is 4.79 Å². The molecule has 0 atom stereocenters. The van der Waals surface area contributed by atoms with Crippen LogP contribution in [0.3, 0.4) is 0 Å². The van der Waals surface area contributed by atoms with E-state index < -0.39 is 0 Å². The summed E-state index contributed by atoms with van der Waals surface area (Å²) in [5.41, 5.74) is 2.05. The summed E-state index contributed by atoms with van der Waals surface area (Å²) in [5, 5.41) is 2.89. The molecule has 94 valence electrons. The van der Waals surface area contributed by atoms with E-state index in [2.05, 4.69) is 11.6 Å². The van der Waals surface area contributed by atoms with Crippen molar-refractivity contribution in [3.63, 3.8) is 0 Å². The number of likely N-dealkylation sites (N-methyl/N-ethyl adjacent to an activating group) is 1. The second-order valence-electron chi connectivity index (χ2n) is 4.14. The van der Waals surface area contributed by atoms with Gasteiger partial charge in [-0.1, -0.05) is 17.7 Å². The molecule has 1 N–H and O–H groups in total. The van der Waals surface area contributed by atoms with Crippen LogP contribution >= 0.6 is 11.8 Å². The van der Waals surface area contributed by atoms with Crippen molar-refractivity contribution in [2.45, 2.75) is 6.92 Å². The van der Waals surface area contributed by atoms with Crippen LogP contribution in [0.1, 0.15) is 5.56 Å². The van der Waals surface area contributed by atoms with Crippen LogP contribution < -0.4 is 5.32 Å². The van der Waals surface area contributed by atoms with Gasteiger partial charge in [-0.2, -0.15) is 11.8 Å². The SMILES string of the molecule is CSCCN(C)CC(=O)Nc1ccc(C)cc1. The molecule has 0 saturated carbocycles. The third kappa shape index (κ3) is 5.75. The molecule has 1 aromatic carbocycles. The topological polar surface area (TPSA) is 32.3 Å². The summed E-state index contributed by atoms with van der Waals surface area (Å²) in [7, 11) is 1.96. The summed E-state index contributed by atoms with van der Waals surface area (Å²) in [4.78, 5) is 13.7. The first-order chi connectivity index (χ1) is 8.11. The van der Waals surface area contributed by atoms with Crippen LogP contribution in [-0.2, 0) is 4.79 Å². The first-order valence-corrected chi connectivity index (χ1v) is 7.05. The van der Waals surface area contributed by atoms with Gasteiger partial charge in [0.1, 0.15) is 0 Å². The van der Waals surface area contributed by atoms with Gasteiger partial charge in [0.2, 0.25) is 5.91 Å². The Morgan fingerprint density at radius 2 is 2.00 bits per heavy atom. The van der Waals surface area contributed by atoms with Gasteiger partial charge in [0, 0.05) is 18.0 Å². The van der Waals surface area contributed by atoms with Crippen molar-refractivity contribution in [2.75, 3.05) is 37.5 Å². The predicted octanol–water partition coefficient (Wildman–Crippen LogP) is 2.23. The summed E-state index contributed by atoms with van der Waals surface area (Å²) in [6.45, 7) is 3.40. The number of nitrogens with zero attached hydrogens (tertiary/aromatic N) is 1. The Morgan fingerprint density at radius 3 is 2.59 bits per heavy atom. The molecule has 17 heavy (non-hydrogen) atoms. The summed E-state index contributed by atoms with van der Waals surface area (Å²) in [6.07, 6.45) is 2.07. The summed E-state index contributed by atoms with van der Waals surface area (Å²) in [5.74, 6) is 1.09. The molecule has 0 radical (unpaired) electrons. The second kappa shape index (κ2) is 7.35. The Kier molecular flexibility index (Phi) is 6.08. The lowest BCUT2D eigenvalue weighted by atomic mass is 10.2. The van der Waals surface area contributed by atoms with Crippen LogP contribution in [0.2, 0.25) is 0 Å². The number of hydrogen-bond donors (Lipinski definition) is 1. The number of carbonyl (C=O) groups excluding carboxylic acids is 1. The Bertz CT molecular complexity index is 351. The Labute approximate surface area is 108 Å². The van der Waals surface area contributed by atoms with Crippen LogP contribution in [0.25, 0.3) is 0 Å². The van der Waals surface area contributed by atoms with E-state index in [-0.39, 0.29) is 5.91 Å². The lowest BCUT2D eigenvalue weighted by Crippen LogP contribution is -2.31. The Morgan fingerprint density at radius 1 is 1.35 bits per heavy atom. The minimum Gasteiger partial charge on any atom is -0.325 e. The first kappa shape index (κ1) is 14.1. The van der Waals surface area contributed by atoms with Gasteiger partial charge >= 0.3 is 0 Å². The molecule has 0 unspecified atom stereocenters. The number of rotatable bonds is 6. The molecule has 0 heterocycles. The highest BCUT2D eigenvalue weighted by Crippen LogP contribution is 2.08. The molecule has 3 nitrogen and oxygen atoms in total. The smallest absolute Gasteiger partial charge is 0.238 e. The molecule has 0 aliphatic rings. The maximum absolute atomic E-state index is 11.7. The molecule has 0 saturated heterocycles. The van der Waals surface area contributed by atoms with Crippen molar-refractivity contribution >= 4 is 23.4 Å². The zero-order valence-corrected chi connectivity index (χ0v) is 11.5. The fourth-order valence-corrected chi connectivity index (χ4v) is 1.90. The highest BCUT2D eigenvalue weighted by molar-refractivity contribution is 7.98. The number of aryl methyl sites for hydroxylation is 1. The molecular formula is C13H20N2OS. The standard InChI is InChI=1S/C13H20N2OS/c1-11-4-6-12(7-5-11)14-13(16)10-15(2)8-9-17-3/h4-7H,8-10H2,1-3H3,(H,14,16). The minimum absolute atomic E-state index is 0.0393. The number of amides is 1. The lowest BCUT2D eigenvalue weighted by molar-refractivity contribution is -0.117. The van der Waals surface area contributed by atoms with Gasteiger partial charge < -0.3 is 5.32 Å². The molecule has 0 aliphatic carbocycles. The maximum Gasteiger partial charge on any atom is 0.238 e. The van der Waals surface area contributed by atoms with Crippen molar-refractivity contribution in [2.24, 2.45) is 0 Å². The predicted molar refractivity (Wildman–Crippen MR) is 75.7 cm³/mol. The van der Waals surface area contributed by atoms with Gasteiger partial charge in [-0.25, -0.2) is 0 Å². The van der Waals surface area contributed by atoms with Crippen LogP contribution in [0, 0.1) is 6.92 Å². The Hall–Kier alpha value is -1.00. The fourth-order valence-electron chi connectivity index (χ4n) is 1.41. The molecule has 4 heteroatoms. The fraction of sp³-hybridized carbons (Fsp3) is 0.462. The number of thioether (sulfide) groups is 1. The third-order valence-corrected chi connectivity index (χ3v) is 3.02. The highest BCUT2D eigenvalue weighted by atomic mass is 32.2. The summed E-state index contributed by atoms with van der Waals surface area (Å²) in [6, 6.07) is 7.84. The normalized spacial score (nSPS) is 10.6. The number of carbonyl (C=O) groups is 1. The van der Waals surface area contributed by atoms with Gasteiger partial charge in [-0.3, -0.25) is 9.69 Å². The average molecular weight is 252 g/mol. The monoisotopic (exact) mass is 252 g/mol. The molecule has 0 fully saturated rings. The van der Waals surface area contributed by atoms with Gasteiger partial charge in [-0.05, 0) is 32.4 Å². The van der Waals surface area contributed by atoms with Gasteiger partial charge in [-0.15, -0.1) is 0 Å². The molecule has 0 aliphatic heterocycles. The molecule has 0 spiro atoms. The van der Waals surface area contributed by atoms with E-state index in [1.807, 2.05) is 43.1 Å². The third-order valence-electron chi connectivity index (χ3n) is 2.43. The van der Waals surface area contributed by atoms with Crippen molar-refractivity contribution in [1.29, 1.82) is 0 Å². The molecule has 0 bridgehead atoms. The number of nitrogens with one attached hydrogen (secondary N) is 1. The van der Waals surface area contributed by atoms with E-state index in [0.29, 0.717) is 6.54 Å². The quantitative estimate of drug-likeness (QED) is 0.842. The number of anilines is 1. The van der Waals surface area contributed by atoms with E-state index in [1.54, 1.807) is 11.8 Å². The minimum atomic E-state index is 0.0393. The zero-order valence-electron chi connectivity index (χ0n) is 10.7. The van der Waals surface area contributed by atoms with E-state index >= 15 is 0 Å². The molecule has 0 aromatic heterocycles. The van der Waals surface area contributed by atoms with Crippen LogP contribution in [0.5, 0.6) is 0 Å². The summed E-state index contributed by atoms with van der Waals surface area (Å²) < 4.78 is 0. The molecule has 1 aromatic rings. The average Bonchev–Trinajstić information content (AvgIpc) is 2.29. The number of hydrogen-bond acceptors (Lipinski definition) is 3. The zero-order chi connectivity index (χ0) is 12.7. The summed E-state index contributed by atoms with van der Waals surface area (Å²) >= 11 is 1.79. The largest absolute Gasteiger partial charge is 0.325 e.